The lowest BCUT2D eigenvalue weighted by Gasteiger charge is -2.33. The molecule has 1 amide bonds. The molecule has 1 N–H and O–H groups in total. The monoisotopic (exact) mass is 320 g/mol. The fourth-order valence-electron chi connectivity index (χ4n) is 3.37. The van der Waals surface area contributed by atoms with Gasteiger partial charge in [-0.15, -0.1) is 0 Å². The summed E-state index contributed by atoms with van der Waals surface area (Å²) in [6, 6.07) is 2.20. The lowest BCUT2D eigenvalue weighted by Crippen LogP contribution is -2.45. The molecule has 1 heterocycles. The topological polar surface area (TPSA) is 50.2 Å². The van der Waals surface area contributed by atoms with Crippen molar-refractivity contribution >= 4 is 5.91 Å². The number of amides is 1. The van der Waals surface area contributed by atoms with Crippen molar-refractivity contribution in [3.8, 4) is 0 Å². The van der Waals surface area contributed by atoms with E-state index >= 15 is 0 Å². The Kier molecular flexibility index (Phi) is 5.50. The summed E-state index contributed by atoms with van der Waals surface area (Å²) in [4.78, 5) is 14.9. The number of aromatic nitrogens is 2. The number of hydrogen-bond acceptors (Lipinski definition) is 3. The molecular formula is C18H32N4O. The van der Waals surface area contributed by atoms with Crippen molar-refractivity contribution in [2.24, 2.45) is 13.0 Å². The van der Waals surface area contributed by atoms with Crippen LogP contribution in [0.25, 0.3) is 0 Å². The Morgan fingerprint density at radius 3 is 2.57 bits per heavy atom. The number of hydrogen-bond donors (Lipinski definition) is 1. The number of aryl methyl sites for hydroxylation is 1. The highest BCUT2D eigenvalue weighted by Gasteiger charge is 2.29. The van der Waals surface area contributed by atoms with Crippen molar-refractivity contribution in [1.82, 2.24) is 20.0 Å². The molecular weight excluding hydrogens is 288 g/mol. The molecule has 1 aliphatic rings. The van der Waals surface area contributed by atoms with Crippen LogP contribution in [0.5, 0.6) is 0 Å². The molecule has 5 heteroatoms. The summed E-state index contributed by atoms with van der Waals surface area (Å²) in [7, 11) is 6.05. The third-order valence-electron chi connectivity index (χ3n) is 4.71. The quantitative estimate of drug-likeness (QED) is 0.927. The molecule has 0 aliphatic heterocycles. The first-order valence-electron chi connectivity index (χ1n) is 8.68. The van der Waals surface area contributed by atoms with Gasteiger partial charge in [-0.3, -0.25) is 9.48 Å². The maximum absolute atomic E-state index is 12.7. The standard InChI is InChI=1S/C18H32N4O/c1-18(2,3)16-11-15(22(6)20-16)17(23)19-14-10-8-7-9-13(14)12-21(4)5/h11,13-14H,7-10,12H2,1-6H3,(H,19,23). The minimum absolute atomic E-state index is 0.00570. The van der Waals surface area contributed by atoms with E-state index in [1.54, 1.807) is 4.68 Å². The SMILES string of the molecule is CN(C)CC1CCCCC1NC(=O)c1cc(C(C)(C)C)nn1C. The van der Waals surface area contributed by atoms with Gasteiger partial charge in [0, 0.05) is 25.0 Å². The maximum Gasteiger partial charge on any atom is 0.269 e. The number of nitrogens with zero attached hydrogens (tertiary/aromatic N) is 3. The van der Waals surface area contributed by atoms with Gasteiger partial charge in [0.25, 0.3) is 5.91 Å². The molecule has 1 aromatic heterocycles. The molecule has 2 unspecified atom stereocenters. The molecule has 1 saturated carbocycles. The predicted octanol–water partition coefficient (Wildman–Crippen LogP) is 2.57. The molecule has 23 heavy (non-hydrogen) atoms. The van der Waals surface area contributed by atoms with Gasteiger partial charge in [0.1, 0.15) is 5.69 Å². The van der Waals surface area contributed by atoms with E-state index in [1.165, 1.54) is 19.3 Å². The van der Waals surface area contributed by atoms with Gasteiger partial charge < -0.3 is 10.2 Å². The lowest BCUT2D eigenvalue weighted by molar-refractivity contribution is 0.0886. The van der Waals surface area contributed by atoms with Crippen molar-refractivity contribution in [2.45, 2.75) is 57.9 Å². The predicted molar refractivity (Wildman–Crippen MR) is 93.7 cm³/mol. The highest BCUT2D eigenvalue weighted by Crippen LogP contribution is 2.26. The zero-order valence-corrected chi connectivity index (χ0v) is 15.5. The van der Waals surface area contributed by atoms with Crippen molar-refractivity contribution in [3.05, 3.63) is 17.5 Å². The first-order chi connectivity index (χ1) is 10.7. The smallest absolute Gasteiger partial charge is 0.269 e. The van der Waals surface area contributed by atoms with Crippen LogP contribution in [0.1, 0.15) is 62.6 Å². The lowest BCUT2D eigenvalue weighted by atomic mass is 9.84. The van der Waals surface area contributed by atoms with E-state index in [1.807, 2.05) is 13.1 Å². The van der Waals surface area contributed by atoms with Crippen LogP contribution in [-0.2, 0) is 12.5 Å². The van der Waals surface area contributed by atoms with Crippen LogP contribution in [0, 0.1) is 5.92 Å². The molecule has 0 spiro atoms. The molecule has 2 rings (SSSR count). The molecule has 0 bridgehead atoms. The summed E-state index contributed by atoms with van der Waals surface area (Å²) < 4.78 is 1.71. The minimum Gasteiger partial charge on any atom is -0.348 e. The highest BCUT2D eigenvalue weighted by atomic mass is 16.2. The van der Waals surface area contributed by atoms with Crippen LogP contribution in [0.2, 0.25) is 0 Å². The third-order valence-corrected chi connectivity index (χ3v) is 4.71. The van der Waals surface area contributed by atoms with Crippen molar-refractivity contribution in [2.75, 3.05) is 20.6 Å². The molecule has 0 radical (unpaired) electrons. The van der Waals surface area contributed by atoms with Gasteiger partial charge in [0.15, 0.2) is 0 Å². The number of rotatable bonds is 4. The summed E-state index contributed by atoms with van der Waals surface area (Å²) >= 11 is 0. The zero-order valence-electron chi connectivity index (χ0n) is 15.5. The Bertz CT molecular complexity index is 542. The molecule has 2 atom stereocenters. The Morgan fingerprint density at radius 1 is 1.35 bits per heavy atom. The second kappa shape index (κ2) is 7.04. The van der Waals surface area contributed by atoms with Crippen LogP contribution in [0.15, 0.2) is 6.07 Å². The number of carbonyl (C=O) groups excluding carboxylic acids is 1. The second-order valence-corrected chi connectivity index (χ2v) is 8.18. The molecule has 1 aliphatic carbocycles. The molecule has 0 aromatic carbocycles. The molecule has 130 valence electrons. The summed E-state index contributed by atoms with van der Waals surface area (Å²) in [5.74, 6) is 0.546. The van der Waals surface area contributed by atoms with Gasteiger partial charge in [-0.25, -0.2) is 0 Å². The normalized spacial score (nSPS) is 22.4. The molecule has 1 fully saturated rings. The van der Waals surface area contributed by atoms with Gasteiger partial charge in [-0.2, -0.15) is 5.10 Å². The highest BCUT2D eigenvalue weighted by molar-refractivity contribution is 5.93. The van der Waals surface area contributed by atoms with Gasteiger partial charge in [-0.05, 0) is 38.9 Å². The van der Waals surface area contributed by atoms with Crippen molar-refractivity contribution in [1.29, 1.82) is 0 Å². The van der Waals surface area contributed by atoms with E-state index in [2.05, 4.69) is 50.2 Å². The van der Waals surface area contributed by atoms with E-state index in [4.69, 9.17) is 0 Å². The fraction of sp³-hybridized carbons (Fsp3) is 0.778. The number of nitrogens with one attached hydrogen (secondary N) is 1. The van der Waals surface area contributed by atoms with E-state index in [0.717, 1.165) is 18.7 Å². The van der Waals surface area contributed by atoms with E-state index < -0.39 is 0 Å². The second-order valence-electron chi connectivity index (χ2n) is 8.18. The van der Waals surface area contributed by atoms with Crippen molar-refractivity contribution < 1.29 is 4.79 Å². The van der Waals surface area contributed by atoms with Crippen LogP contribution in [0.4, 0.5) is 0 Å². The Hall–Kier alpha value is -1.36. The van der Waals surface area contributed by atoms with Crippen molar-refractivity contribution in [3.63, 3.8) is 0 Å². The summed E-state index contributed by atoms with van der Waals surface area (Å²) in [6.07, 6.45) is 4.74. The van der Waals surface area contributed by atoms with Crippen LogP contribution >= 0.6 is 0 Å². The first-order valence-corrected chi connectivity index (χ1v) is 8.68. The van der Waals surface area contributed by atoms with E-state index in [-0.39, 0.29) is 17.4 Å². The van der Waals surface area contributed by atoms with Crippen LogP contribution < -0.4 is 5.32 Å². The number of carbonyl (C=O) groups is 1. The summed E-state index contributed by atoms with van der Waals surface area (Å²) in [6.45, 7) is 7.38. The largest absolute Gasteiger partial charge is 0.348 e. The average Bonchev–Trinajstić information content (AvgIpc) is 2.82. The first kappa shape index (κ1) is 18.0. The summed E-state index contributed by atoms with van der Waals surface area (Å²) in [5.41, 5.74) is 1.57. The Labute approximate surface area is 140 Å². The van der Waals surface area contributed by atoms with Gasteiger partial charge in [-0.1, -0.05) is 33.6 Å². The average molecular weight is 320 g/mol. The molecule has 0 saturated heterocycles. The fourth-order valence-corrected chi connectivity index (χ4v) is 3.37. The van der Waals surface area contributed by atoms with Crippen LogP contribution in [-0.4, -0.2) is 47.3 Å². The van der Waals surface area contributed by atoms with E-state index in [0.29, 0.717) is 11.6 Å². The summed E-state index contributed by atoms with van der Waals surface area (Å²) in [5, 5.41) is 7.78. The molecule has 1 aromatic rings. The molecule has 5 nitrogen and oxygen atoms in total. The van der Waals surface area contributed by atoms with Gasteiger partial charge in [0.05, 0.1) is 5.69 Å². The zero-order chi connectivity index (χ0) is 17.2. The Balaban J connectivity index is 2.10. The Morgan fingerprint density at radius 2 is 2.00 bits per heavy atom. The maximum atomic E-state index is 12.7. The van der Waals surface area contributed by atoms with Crippen LogP contribution in [0.3, 0.4) is 0 Å². The van der Waals surface area contributed by atoms with Gasteiger partial charge in [0.2, 0.25) is 0 Å². The third kappa shape index (κ3) is 4.56. The van der Waals surface area contributed by atoms with E-state index in [9.17, 15) is 4.79 Å². The minimum atomic E-state index is -0.0470. The van der Waals surface area contributed by atoms with Gasteiger partial charge >= 0.3 is 0 Å².